The molecule has 1 aromatic carbocycles. The fourth-order valence-corrected chi connectivity index (χ4v) is 3.05. The molecule has 2 aliphatic heterocycles. The summed E-state index contributed by atoms with van der Waals surface area (Å²) in [7, 11) is 0. The molecule has 0 atom stereocenters. The minimum atomic E-state index is -0.570. The van der Waals surface area contributed by atoms with Gasteiger partial charge in [0, 0.05) is 25.2 Å². The van der Waals surface area contributed by atoms with Crippen molar-refractivity contribution in [3.63, 3.8) is 0 Å². The lowest BCUT2D eigenvalue weighted by atomic mass is 10.0. The number of hydrogen-bond acceptors (Lipinski definition) is 4. The van der Waals surface area contributed by atoms with E-state index in [9.17, 15) is 14.4 Å². The Kier molecular flexibility index (Phi) is 4.41. The van der Waals surface area contributed by atoms with Gasteiger partial charge in [0.2, 0.25) is 5.91 Å². The number of hydrogen-bond donors (Lipinski definition) is 1. The molecule has 25 heavy (non-hydrogen) atoms. The topological polar surface area (TPSA) is 79.0 Å². The molecular formula is C18H23N3O4. The number of carbonyl (C=O) groups is 3. The molecule has 1 fully saturated rings. The summed E-state index contributed by atoms with van der Waals surface area (Å²) in [6, 6.07) is 5.18. The lowest BCUT2D eigenvalue weighted by Gasteiger charge is -2.33. The zero-order chi connectivity index (χ0) is 18.2. The molecule has 0 radical (unpaired) electrons. The van der Waals surface area contributed by atoms with Gasteiger partial charge in [0.1, 0.15) is 5.60 Å². The van der Waals surface area contributed by atoms with Gasteiger partial charge in [-0.1, -0.05) is 6.07 Å². The molecule has 0 bridgehead atoms. The van der Waals surface area contributed by atoms with Crippen LogP contribution in [0.3, 0.4) is 0 Å². The van der Waals surface area contributed by atoms with Gasteiger partial charge in [-0.25, -0.2) is 9.59 Å². The van der Waals surface area contributed by atoms with Gasteiger partial charge < -0.3 is 4.74 Å². The Morgan fingerprint density at radius 1 is 1.16 bits per heavy atom. The Hall–Kier alpha value is -2.57. The standard InChI is InChI=1S/C18H23N3O4/c1-18(2,3)25-17(24)21-9-4-5-12-6-7-13(11-14(12)21)20-10-8-15(22)19-16(20)23/h6-7,11H,4-5,8-10H2,1-3H3,(H,19,22,23). The average molecular weight is 345 g/mol. The van der Waals surface area contributed by atoms with Crippen LogP contribution in [0.5, 0.6) is 0 Å². The zero-order valence-electron chi connectivity index (χ0n) is 14.8. The SMILES string of the molecule is CC(C)(C)OC(=O)N1CCCc2ccc(N3CCC(=O)NC3=O)cc21. The minimum Gasteiger partial charge on any atom is -0.443 e. The van der Waals surface area contributed by atoms with E-state index >= 15 is 0 Å². The fraction of sp³-hybridized carbons (Fsp3) is 0.500. The second kappa shape index (κ2) is 6.38. The number of anilines is 2. The first-order chi connectivity index (χ1) is 11.7. The normalized spacial score (nSPS) is 17.9. The Labute approximate surface area is 146 Å². The summed E-state index contributed by atoms with van der Waals surface area (Å²) in [6.07, 6.45) is 1.62. The molecule has 0 unspecified atom stereocenters. The molecule has 3 rings (SSSR count). The molecule has 1 saturated heterocycles. The number of urea groups is 1. The maximum Gasteiger partial charge on any atom is 0.414 e. The molecule has 2 aliphatic rings. The van der Waals surface area contributed by atoms with E-state index in [-0.39, 0.29) is 18.4 Å². The zero-order valence-corrected chi connectivity index (χ0v) is 14.8. The number of imide groups is 1. The van der Waals surface area contributed by atoms with E-state index in [4.69, 9.17) is 4.74 Å². The van der Waals surface area contributed by atoms with E-state index in [1.165, 1.54) is 4.90 Å². The molecule has 1 aromatic rings. The fourth-order valence-electron chi connectivity index (χ4n) is 3.05. The van der Waals surface area contributed by atoms with Gasteiger partial charge in [-0.05, 0) is 51.3 Å². The number of carbonyl (C=O) groups excluding carboxylic acids is 3. The minimum absolute atomic E-state index is 0.263. The van der Waals surface area contributed by atoms with Gasteiger partial charge in [0.05, 0.1) is 5.69 Å². The quantitative estimate of drug-likeness (QED) is 0.849. The van der Waals surface area contributed by atoms with Crippen molar-refractivity contribution in [1.82, 2.24) is 5.32 Å². The Morgan fingerprint density at radius 3 is 2.60 bits per heavy atom. The highest BCUT2D eigenvalue weighted by atomic mass is 16.6. The van der Waals surface area contributed by atoms with Crippen LogP contribution in [0.15, 0.2) is 18.2 Å². The van der Waals surface area contributed by atoms with Crippen molar-refractivity contribution in [1.29, 1.82) is 0 Å². The maximum absolute atomic E-state index is 12.5. The van der Waals surface area contributed by atoms with Crippen molar-refractivity contribution < 1.29 is 19.1 Å². The smallest absolute Gasteiger partial charge is 0.414 e. The third-order valence-electron chi connectivity index (χ3n) is 4.17. The molecule has 4 amide bonds. The third-order valence-corrected chi connectivity index (χ3v) is 4.17. The van der Waals surface area contributed by atoms with E-state index in [0.29, 0.717) is 18.8 Å². The van der Waals surface area contributed by atoms with Crippen LogP contribution in [0, 0.1) is 0 Å². The molecule has 7 heteroatoms. The monoisotopic (exact) mass is 345 g/mol. The van der Waals surface area contributed by atoms with Gasteiger partial charge >= 0.3 is 12.1 Å². The number of ether oxygens (including phenoxy) is 1. The summed E-state index contributed by atoms with van der Waals surface area (Å²) in [5.74, 6) is -0.269. The number of aryl methyl sites for hydroxylation is 1. The number of rotatable bonds is 1. The molecular weight excluding hydrogens is 322 g/mol. The van der Waals surface area contributed by atoms with Crippen LogP contribution in [-0.2, 0) is 16.0 Å². The van der Waals surface area contributed by atoms with Gasteiger partial charge in [0.15, 0.2) is 0 Å². The van der Waals surface area contributed by atoms with Crippen LogP contribution in [-0.4, -0.2) is 36.7 Å². The molecule has 2 heterocycles. The van der Waals surface area contributed by atoms with Gasteiger partial charge in [-0.15, -0.1) is 0 Å². The number of nitrogens with zero attached hydrogens (tertiary/aromatic N) is 2. The Bertz CT molecular complexity index is 724. The summed E-state index contributed by atoms with van der Waals surface area (Å²) in [4.78, 5) is 39.1. The summed E-state index contributed by atoms with van der Waals surface area (Å²) >= 11 is 0. The van der Waals surface area contributed by atoms with Crippen LogP contribution in [0.4, 0.5) is 21.0 Å². The summed E-state index contributed by atoms with van der Waals surface area (Å²) in [5, 5.41) is 2.32. The lowest BCUT2D eigenvalue weighted by Crippen LogP contribution is -2.49. The molecule has 0 spiro atoms. The van der Waals surface area contributed by atoms with Gasteiger partial charge in [-0.3, -0.25) is 19.9 Å². The first-order valence-corrected chi connectivity index (χ1v) is 8.49. The molecule has 0 aromatic heterocycles. The first-order valence-electron chi connectivity index (χ1n) is 8.49. The molecule has 1 N–H and O–H groups in total. The lowest BCUT2D eigenvalue weighted by molar-refractivity contribution is -0.120. The molecule has 0 aliphatic carbocycles. The van der Waals surface area contributed by atoms with Crippen molar-refractivity contribution in [2.24, 2.45) is 0 Å². The number of benzene rings is 1. The number of fused-ring (bicyclic) bond motifs is 1. The first kappa shape index (κ1) is 17.3. The van der Waals surface area contributed by atoms with Gasteiger partial charge in [0.25, 0.3) is 0 Å². The highest BCUT2D eigenvalue weighted by molar-refractivity contribution is 6.06. The van der Waals surface area contributed by atoms with Crippen molar-refractivity contribution in [3.8, 4) is 0 Å². The predicted octanol–water partition coefficient (Wildman–Crippen LogP) is 2.82. The highest BCUT2D eigenvalue weighted by Gasteiger charge is 2.29. The molecule has 0 saturated carbocycles. The maximum atomic E-state index is 12.5. The van der Waals surface area contributed by atoms with E-state index in [1.54, 1.807) is 4.90 Å². The van der Waals surface area contributed by atoms with Crippen molar-refractivity contribution in [2.45, 2.75) is 45.6 Å². The Morgan fingerprint density at radius 2 is 1.92 bits per heavy atom. The van der Waals surface area contributed by atoms with Crippen LogP contribution < -0.4 is 15.1 Å². The van der Waals surface area contributed by atoms with Crippen molar-refractivity contribution in [2.75, 3.05) is 22.9 Å². The van der Waals surface area contributed by atoms with Crippen LogP contribution >= 0.6 is 0 Å². The number of nitrogens with one attached hydrogen (secondary N) is 1. The largest absolute Gasteiger partial charge is 0.443 e. The predicted molar refractivity (Wildman–Crippen MR) is 93.8 cm³/mol. The second-order valence-corrected chi connectivity index (χ2v) is 7.30. The van der Waals surface area contributed by atoms with E-state index in [2.05, 4.69) is 5.32 Å². The van der Waals surface area contributed by atoms with Crippen LogP contribution in [0.2, 0.25) is 0 Å². The highest BCUT2D eigenvalue weighted by Crippen LogP contribution is 2.33. The average Bonchev–Trinajstić information content (AvgIpc) is 2.52. The molecule has 134 valence electrons. The van der Waals surface area contributed by atoms with Crippen molar-refractivity contribution in [3.05, 3.63) is 23.8 Å². The van der Waals surface area contributed by atoms with Crippen LogP contribution in [0.25, 0.3) is 0 Å². The van der Waals surface area contributed by atoms with Crippen molar-refractivity contribution >= 4 is 29.4 Å². The summed E-state index contributed by atoms with van der Waals surface area (Å²) < 4.78 is 5.50. The summed E-state index contributed by atoms with van der Waals surface area (Å²) in [5.41, 5.74) is 1.91. The number of amides is 4. The molecule has 7 nitrogen and oxygen atoms in total. The third kappa shape index (κ3) is 3.75. The van der Waals surface area contributed by atoms with E-state index < -0.39 is 11.6 Å². The summed E-state index contributed by atoms with van der Waals surface area (Å²) in [6.45, 7) is 6.41. The van der Waals surface area contributed by atoms with Gasteiger partial charge in [-0.2, -0.15) is 0 Å². The van der Waals surface area contributed by atoms with E-state index in [1.807, 2.05) is 39.0 Å². The Balaban J connectivity index is 1.89. The second-order valence-electron chi connectivity index (χ2n) is 7.30. The van der Waals surface area contributed by atoms with E-state index in [0.717, 1.165) is 24.1 Å². The van der Waals surface area contributed by atoms with Crippen LogP contribution in [0.1, 0.15) is 39.2 Å².